The molecule has 0 aliphatic heterocycles. The average molecular weight is 376 g/mol. The Morgan fingerprint density at radius 2 is 1.89 bits per heavy atom. The standard InChI is InChI=1S/C21H20N4O3/c1-22-11-14-4-3-5-18(24-14)21-25-19-10-16(8-9-20(19)28-21)27-13-15-6-7-17(26-2)12-23-15/h3-10,12,22H,11,13H2,1-2H3. The van der Waals surface area contributed by atoms with Crippen LogP contribution in [0.25, 0.3) is 22.7 Å². The first-order valence-corrected chi connectivity index (χ1v) is 8.88. The highest BCUT2D eigenvalue weighted by molar-refractivity contribution is 5.77. The van der Waals surface area contributed by atoms with E-state index >= 15 is 0 Å². The predicted octanol–water partition coefficient (Wildman–Crippen LogP) is 3.59. The molecule has 4 aromatic rings. The lowest BCUT2D eigenvalue weighted by molar-refractivity contribution is 0.301. The van der Waals surface area contributed by atoms with Gasteiger partial charge in [0.2, 0.25) is 5.89 Å². The lowest BCUT2D eigenvalue weighted by atomic mass is 10.3. The number of oxazole rings is 1. The summed E-state index contributed by atoms with van der Waals surface area (Å²) in [5.41, 5.74) is 3.85. The molecule has 0 atom stereocenters. The zero-order valence-corrected chi connectivity index (χ0v) is 15.7. The Morgan fingerprint density at radius 3 is 2.68 bits per heavy atom. The second kappa shape index (κ2) is 8.06. The third kappa shape index (κ3) is 3.94. The second-order valence-corrected chi connectivity index (χ2v) is 6.17. The number of rotatable bonds is 7. The number of methoxy groups -OCH3 is 1. The van der Waals surface area contributed by atoms with Crippen molar-refractivity contribution >= 4 is 11.1 Å². The number of benzene rings is 1. The second-order valence-electron chi connectivity index (χ2n) is 6.17. The SMILES string of the molecule is CNCc1cccc(-c2nc3cc(OCc4ccc(OC)cn4)ccc3o2)n1. The first kappa shape index (κ1) is 17.9. The monoisotopic (exact) mass is 376 g/mol. The summed E-state index contributed by atoms with van der Waals surface area (Å²) in [4.78, 5) is 13.4. The quantitative estimate of drug-likeness (QED) is 0.528. The van der Waals surface area contributed by atoms with Gasteiger partial charge in [-0.05, 0) is 43.4 Å². The minimum Gasteiger partial charge on any atom is -0.495 e. The number of hydrogen-bond donors (Lipinski definition) is 1. The Balaban J connectivity index is 1.52. The lowest BCUT2D eigenvalue weighted by Gasteiger charge is -2.06. The molecular formula is C21H20N4O3. The van der Waals surface area contributed by atoms with Crippen LogP contribution in [0.15, 0.2) is 59.1 Å². The molecule has 0 bridgehead atoms. The smallest absolute Gasteiger partial charge is 0.246 e. The van der Waals surface area contributed by atoms with Crippen molar-refractivity contribution in [2.75, 3.05) is 14.2 Å². The molecule has 3 heterocycles. The summed E-state index contributed by atoms with van der Waals surface area (Å²) in [5, 5.41) is 3.09. The van der Waals surface area contributed by atoms with Crippen molar-refractivity contribution in [2.45, 2.75) is 13.2 Å². The Kier molecular flexibility index (Phi) is 5.16. The molecule has 1 aromatic carbocycles. The molecule has 142 valence electrons. The molecule has 0 fully saturated rings. The van der Waals surface area contributed by atoms with Gasteiger partial charge in [-0.15, -0.1) is 0 Å². The maximum atomic E-state index is 5.85. The van der Waals surface area contributed by atoms with E-state index in [0.29, 0.717) is 41.8 Å². The number of aromatic nitrogens is 3. The van der Waals surface area contributed by atoms with Crippen molar-refractivity contribution in [3.8, 4) is 23.1 Å². The number of ether oxygens (including phenoxy) is 2. The van der Waals surface area contributed by atoms with Crippen LogP contribution in [0.3, 0.4) is 0 Å². The molecule has 7 heteroatoms. The van der Waals surface area contributed by atoms with Crippen LogP contribution < -0.4 is 14.8 Å². The first-order valence-electron chi connectivity index (χ1n) is 8.88. The van der Waals surface area contributed by atoms with Gasteiger partial charge >= 0.3 is 0 Å². The molecule has 0 saturated carbocycles. The molecule has 3 aromatic heterocycles. The molecule has 0 aliphatic carbocycles. The fourth-order valence-electron chi connectivity index (χ4n) is 2.76. The topological polar surface area (TPSA) is 82.3 Å². The van der Waals surface area contributed by atoms with E-state index in [-0.39, 0.29) is 0 Å². The summed E-state index contributed by atoms with van der Waals surface area (Å²) in [7, 11) is 3.50. The van der Waals surface area contributed by atoms with Crippen LogP contribution in [0.5, 0.6) is 11.5 Å². The first-order chi connectivity index (χ1) is 13.7. The highest BCUT2D eigenvalue weighted by Gasteiger charge is 2.11. The van der Waals surface area contributed by atoms with Crippen molar-refractivity contribution in [2.24, 2.45) is 0 Å². The minimum absolute atomic E-state index is 0.355. The summed E-state index contributed by atoms with van der Waals surface area (Å²) >= 11 is 0. The molecular weight excluding hydrogens is 356 g/mol. The van der Waals surface area contributed by atoms with Crippen LogP contribution in [-0.4, -0.2) is 29.1 Å². The largest absolute Gasteiger partial charge is 0.495 e. The van der Waals surface area contributed by atoms with E-state index in [1.165, 1.54) is 0 Å². The Labute approximate surface area is 162 Å². The van der Waals surface area contributed by atoms with Gasteiger partial charge in [0.25, 0.3) is 0 Å². The summed E-state index contributed by atoms with van der Waals surface area (Å²) in [5.74, 6) is 1.90. The minimum atomic E-state index is 0.355. The Morgan fingerprint density at radius 1 is 1.00 bits per heavy atom. The maximum absolute atomic E-state index is 5.85. The number of hydrogen-bond acceptors (Lipinski definition) is 7. The molecule has 0 spiro atoms. The van der Waals surface area contributed by atoms with Gasteiger partial charge in [0.1, 0.15) is 29.3 Å². The van der Waals surface area contributed by atoms with Crippen molar-refractivity contribution in [1.82, 2.24) is 20.3 Å². The van der Waals surface area contributed by atoms with Crippen LogP contribution >= 0.6 is 0 Å². The summed E-state index contributed by atoms with van der Waals surface area (Å²) in [6, 6.07) is 15.1. The van der Waals surface area contributed by atoms with E-state index in [0.717, 1.165) is 16.9 Å². The van der Waals surface area contributed by atoms with Crippen molar-refractivity contribution in [3.63, 3.8) is 0 Å². The molecule has 0 amide bonds. The van der Waals surface area contributed by atoms with Crippen LogP contribution in [0.2, 0.25) is 0 Å². The van der Waals surface area contributed by atoms with Crippen LogP contribution in [-0.2, 0) is 13.2 Å². The predicted molar refractivity (Wildman–Crippen MR) is 105 cm³/mol. The van der Waals surface area contributed by atoms with E-state index in [1.54, 1.807) is 13.3 Å². The fraction of sp³-hybridized carbons (Fsp3) is 0.190. The van der Waals surface area contributed by atoms with Gasteiger partial charge in [-0.1, -0.05) is 6.07 Å². The lowest BCUT2D eigenvalue weighted by Crippen LogP contribution is -2.06. The summed E-state index contributed by atoms with van der Waals surface area (Å²) in [6.07, 6.45) is 1.67. The van der Waals surface area contributed by atoms with Crippen LogP contribution in [0.4, 0.5) is 0 Å². The summed E-state index contributed by atoms with van der Waals surface area (Å²) in [6.45, 7) is 1.04. The van der Waals surface area contributed by atoms with Gasteiger partial charge in [0, 0.05) is 12.6 Å². The van der Waals surface area contributed by atoms with E-state index in [1.807, 2.05) is 55.6 Å². The van der Waals surface area contributed by atoms with Crippen molar-refractivity contribution in [1.29, 1.82) is 0 Å². The van der Waals surface area contributed by atoms with E-state index in [9.17, 15) is 0 Å². The highest BCUT2D eigenvalue weighted by Crippen LogP contribution is 2.26. The molecule has 7 nitrogen and oxygen atoms in total. The van der Waals surface area contributed by atoms with E-state index < -0.39 is 0 Å². The fourth-order valence-corrected chi connectivity index (χ4v) is 2.76. The van der Waals surface area contributed by atoms with Gasteiger partial charge in [0.15, 0.2) is 5.58 Å². The van der Waals surface area contributed by atoms with Crippen molar-refractivity contribution in [3.05, 3.63) is 66.1 Å². The van der Waals surface area contributed by atoms with E-state index in [2.05, 4.69) is 20.3 Å². The zero-order chi connectivity index (χ0) is 19.3. The van der Waals surface area contributed by atoms with Gasteiger partial charge < -0.3 is 19.2 Å². The third-order valence-corrected chi connectivity index (χ3v) is 4.16. The zero-order valence-electron chi connectivity index (χ0n) is 15.7. The number of pyridine rings is 2. The number of nitrogens with zero attached hydrogens (tertiary/aromatic N) is 3. The van der Waals surface area contributed by atoms with Crippen LogP contribution in [0.1, 0.15) is 11.4 Å². The maximum Gasteiger partial charge on any atom is 0.246 e. The van der Waals surface area contributed by atoms with Gasteiger partial charge in [-0.25, -0.2) is 9.97 Å². The van der Waals surface area contributed by atoms with E-state index in [4.69, 9.17) is 13.9 Å². The van der Waals surface area contributed by atoms with Gasteiger partial charge in [-0.3, -0.25) is 4.98 Å². The molecule has 0 radical (unpaired) electrons. The molecule has 4 rings (SSSR count). The third-order valence-electron chi connectivity index (χ3n) is 4.16. The molecule has 0 saturated heterocycles. The van der Waals surface area contributed by atoms with Gasteiger partial charge in [-0.2, -0.15) is 0 Å². The number of nitrogens with one attached hydrogen (secondary N) is 1. The highest BCUT2D eigenvalue weighted by atomic mass is 16.5. The van der Waals surface area contributed by atoms with Crippen LogP contribution in [0, 0.1) is 0 Å². The molecule has 0 unspecified atom stereocenters. The average Bonchev–Trinajstić information content (AvgIpc) is 3.16. The number of fused-ring (bicyclic) bond motifs is 1. The molecule has 28 heavy (non-hydrogen) atoms. The van der Waals surface area contributed by atoms with Crippen molar-refractivity contribution < 1.29 is 13.9 Å². The normalized spacial score (nSPS) is 10.9. The Bertz CT molecular complexity index is 1080. The summed E-state index contributed by atoms with van der Waals surface area (Å²) < 4.78 is 16.8. The molecule has 1 N–H and O–H groups in total. The molecule has 0 aliphatic rings. The Hall–Kier alpha value is -3.45. The van der Waals surface area contributed by atoms with Gasteiger partial charge in [0.05, 0.1) is 24.7 Å².